The fourth-order valence-corrected chi connectivity index (χ4v) is 6.37. The molecule has 3 heterocycles. The Kier molecular flexibility index (Phi) is 8.38. The molecule has 5 rings (SSSR count). The highest BCUT2D eigenvalue weighted by Crippen LogP contribution is 2.38. The lowest BCUT2D eigenvalue weighted by Crippen LogP contribution is -2.40. The van der Waals surface area contributed by atoms with Crippen LogP contribution < -0.4 is 16.4 Å². The van der Waals surface area contributed by atoms with Gasteiger partial charge in [-0.15, -0.1) is 0 Å². The van der Waals surface area contributed by atoms with Crippen molar-refractivity contribution in [2.45, 2.75) is 19.1 Å². The lowest BCUT2D eigenvalue weighted by molar-refractivity contribution is -0.137. The number of hydrogen-bond acceptors (Lipinski definition) is 8. The number of rotatable bonds is 6. The monoisotopic (exact) mass is 650 g/mol. The summed E-state index contributed by atoms with van der Waals surface area (Å²) in [5.41, 5.74) is 6.59. The van der Waals surface area contributed by atoms with Crippen LogP contribution in [0, 0.1) is 17.1 Å². The number of nitrogens with zero attached hydrogens (tertiary/aromatic N) is 5. The van der Waals surface area contributed by atoms with Crippen molar-refractivity contribution < 1.29 is 30.8 Å². The first kappa shape index (κ1) is 31.0. The second kappa shape index (κ2) is 11.9. The fraction of sp³-hybridized carbons (Fsp3) is 0.259. The van der Waals surface area contributed by atoms with Crippen LogP contribution in [-0.4, -0.2) is 58.5 Å². The van der Waals surface area contributed by atoms with Gasteiger partial charge in [-0.25, -0.2) is 27.1 Å². The molecule has 4 aromatic rings. The average Bonchev–Trinajstić information content (AvgIpc) is 3.25. The molecule has 1 aliphatic rings. The molecule has 1 saturated heterocycles. The molecule has 1 aliphatic heterocycles. The van der Waals surface area contributed by atoms with E-state index in [1.165, 1.54) is 23.0 Å². The summed E-state index contributed by atoms with van der Waals surface area (Å²) >= 11 is 5.93. The van der Waals surface area contributed by atoms with E-state index in [1.54, 1.807) is 0 Å². The number of urea groups is 1. The summed E-state index contributed by atoms with van der Waals surface area (Å²) in [7, 11) is -3.13. The van der Waals surface area contributed by atoms with E-state index in [4.69, 9.17) is 17.3 Å². The lowest BCUT2D eigenvalue weighted by Gasteiger charge is -2.26. The van der Waals surface area contributed by atoms with Gasteiger partial charge < -0.3 is 16.4 Å². The first-order chi connectivity index (χ1) is 20.8. The molecule has 0 atom stereocenters. The third-order valence-electron chi connectivity index (χ3n) is 7.08. The highest BCUT2D eigenvalue weighted by molar-refractivity contribution is 7.91. The van der Waals surface area contributed by atoms with Crippen LogP contribution in [0.5, 0.6) is 0 Å². The van der Waals surface area contributed by atoms with Gasteiger partial charge in [0.15, 0.2) is 15.7 Å². The van der Waals surface area contributed by atoms with Gasteiger partial charge in [0.1, 0.15) is 17.7 Å². The number of aromatic nitrogens is 3. The van der Waals surface area contributed by atoms with Gasteiger partial charge >= 0.3 is 12.2 Å². The minimum absolute atomic E-state index is 0.0128. The number of nitrogen functional groups attached to an aromatic ring is 1. The van der Waals surface area contributed by atoms with Crippen molar-refractivity contribution >= 4 is 50.2 Å². The van der Waals surface area contributed by atoms with E-state index in [-0.39, 0.29) is 65.3 Å². The smallest absolute Gasteiger partial charge is 0.382 e. The highest BCUT2D eigenvalue weighted by Gasteiger charge is 2.31. The van der Waals surface area contributed by atoms with Crippen molar-refractivity contribution in [2.75, 3.05) is 41.0 Å². The van der Waals surface area contributed by atoms with Crippen molar-refractivity contribution in [1.82, 2.24) is 19.5 Å². The van der Waals surface area contributed by atoms with E-state index in [2.05, 4.69) is 26.8 Å². The Morgan fingerprint density at radius 3 is 2.48 bits per heavy atom. The van der Waals surface area contributed by atoms with Gasteiger partial charge in [-0.1, -0.05) is 17.7 Å². The molecule has 0 aliphatic carbocycles. The normalized spacial score (nSPS) is 15.2. The topological polar surface area (TPSA) is 159 Å². The first-order valence-corrected chi connectivity index (χ1v) is 15.1. The lowest BCUT2D eigenvalue weighted by atomic mass is 9.98. The largest absolute Gasteiger partial charge is 0.416 e. The third-order valence-corrected chi connectivity index (χ3v) is 9.01. The third kappa shape index (κ3) is 6.39. The molecule has 0 spiro atoms. The molecule has 2 amide bonds. The molecule has 230 valence electrons. The Morgan fingerprint density at radius 1 is 1.11 bits per heavy atom. The number of amides is 2. The second-order valence-corrected chi connectivity index (χ2v) is 12.6. The number of nitrogens with one attached hydrogen (secondary N) is 2. The minimum Gasteiger partial charge on any atom is -0.382 e. The number of hydrogen-bond donors (Lipinski definition) is 3. The Hall–Kier alpha value is -4.46. The van der Waals surface area contributed by atoms with Crippen molar-refractivity contribution in [1.29, 1.82) is 5.26 Å². The molecule has 1 fully saturated rings. The van der Waals surface area contributed by atoms with Crippen LogP contribution >= 0.6 is 11.6 Å². The van der Waals surface area contributed by atoms with Gasteiger partial charge in [-0.3, -0.25) is 4.90 Å². The van der Waals surface area contributed by atoms with Crippen LogP contribution in [0.25, 0.3) is 16.6 Å². The van der Waals surface area contributed by atoms with Crippen LogP contribution in [0.15, 0.2) is 42.7 Å². The highest BCUT2D eigenvalue weighted by atomic mass is 35.5. The number of carbonyl (C=O) groups excluding carboxylic acids is 1. The zero-order valence-corrected chi connectivity index (χ0v) is 24.2. The van der Waals surface area contributed by atoms with E-state index in [0.717, 1.165) is 18.2 Å². The number of anilines is 3. The van der Waals surface area contributed by atoms with Crippen LogP contribution in [-0.2, 0) is 29.0 Å². The molecule has 0 radical (unpaired) electrons. The maximum atomic E-state index is 15.4. The average molecular weight is 651 g/mol. The minimum atomic E-state index is -4.67. The Balaban J connectivity index is 1.47. The predicted octanol–water partition coefficient (Wildman–Crippen LogP) is 4.73. The molecule has 44 heavy (non-hydrogen) atoms. The van der Waals surface area contributed by atoms with E-state index in [9.17, 15) is 31.6 Å². The summed E-state index contributed by atoms with van der Waals surface area (Å²) in [6.45, 7) is 0.797. The number of halogens is 5. The summed E-state index contributed by atoms with van der Waals surface area (Å²) < 4.78 is 80.0. The van der Waals surface area contributed by atoms with E-state index >= 15 is 4.39 Å². The molecule has 11 nitrogen and oxygen atoms in total. The zero-order valence-electron chi connectivity index (χ0n) is 22.6. The predicted molar refractivity (Wildman–Crippen MR) is 155 cm³/mol. The molecular formula is C27H23ClF4N8O3S. The molecule has 4 N–H and O–H groups in total. The second-order valence-electron chi connectivity index (χ2n) is 9.93. The Morgan fingerprint density at radius 2 is 1.82 bits per heavy atom. The zero-order chi connectivity index (χ0) is 31.8. The first-order valence-electron chi connectivity index (χ1n) is 12.9. The SMILES string of the molecule is N#CCc1c(-c2ccc(NC(=O)Nc3cc(C(F)(F)F)ccc3Cl)c(F)c2)c2c(N)ncnn2c1CN1CCS(=O)(=O)CC1. The molecule has 2 aromatic carbocycles. The molecule has 17 heteroatoms. The summed E-state index contributed by atoms with van der Waals surface area (Å²) in [5.74, 6) is -0.864. The van der Waals surface area contributed by atoms with Crippen molar-refractivity contribution in [3.05, 3.63) is 70.4 Å². The quantitative estimate of drug-likeness (QED) is 0.253. The number of nitriles is 1. The van der Waals surface area contributed by atoms with E-state index in [1.807, 2.05) is 4.90 Å². The number of carbonyl (C=O) groups is 1. The summed E-state index contributed by atoms with van der Waals surface area (Å²) in [6.07, 6.45) is -3.55. The van der Waals surface area contributed by atoms with Crippen LogP contribution in [0.3, 0.4) is 0 Å². The van der Waals surface area contributed by atoms with Crippen LogP contribution in [0.2, 0.25) is 5.02 Å². The maximum Gasteiger partial charge on any atom is 0.416 e. The molecule has 0 unspecified atom stereocenters. The van der Waals surface area contributed by atoms with Gasteiger partial charge in [0.2, 0.25) is 0 Å². The summed E-state index contributed by atoms with van der Waals surface area (Å²) in [5, 5.41) is 18.2. The van der Waals surface area contributed by atoms with E-state index < -0.39 is 33.4 Å². The number of fused-ring (bicyclic) bond motifs is 1. The van der Waals surface area contributed by atoms with E-state index in [0.29, 0.717) is 28.4 Å². The summed E-state index contributed by atoms with van der Waals surface area (Å²) in [4.78, 5) is 18.5. The standard InChI is InChI=1S/C27H23ClF4N8O3S/c28-18-3-2-16(27(30,31)32)12-21(18)38-26(41)37-20-4-1-15(11-19(20)29)23-17(5-6-33)22(40-24(23)25(34)35-14-36-40)13-39-7-9-44(42,43)10-8-39/h1-4,11-12,14H,5,7-10,13H2,(H2,34,35,36)(H2,37,38,41). The van der Waals surface area contributed by atoms with Crippen LogP contribution in [0.1, 0.15) is 16.8 Å². The van der Waals surface area contributed by atoms with Gasteiger partial charge in [-0.2, -0.15) is 23.5 Å². The number of benzene rings is 2. The summed E-state index contributed by atoms with van der Waals surface area (Å²) in [6, 6.07) is 7.27. The van der Waals surface area contributed by atoms with Gasteiger partial charge in [0.25, 0.3) is 0 Å². The van der Waals surface area contributed by atoms with Gasteiger partial charge in [0, 0.05) is 25.2 Å². The molecular weight excluding hydrogens is 628 g/mol. The number of alkyl halides is 3. The molecule has 0 bridgehead atoms. The Labute approximate surface area is 253 Å². The Bertz CT molecular complexity index is 1910. The maximum absolute atomic E-state index is 15.4. The fourth-order valence-electron chi connectivity index (χ4n) is 4.93. The van der Waals surface area contributed by atoms with Crippen molar-refractivity contribution in [3.8, 4) is 17.2 Å². The van der Waals surface area contributed by atoms with Gasteiger partial charge in [-0.05, 0) is 41.5 Å². The number of sulfone groups is 1. The molecule has 0 saturated carbocycles. The van der Waals surface area contributed by atoms with Gasteiger partial charge in [0.05, 0.1) is 51.7 Å². The number of nitrogens with two attached hydrogens (primary N) is 1. The van der Waals surface area contributed by atoms with Crippen molar-refractivity contribution in [3.63, 3.8) is 0 Å². The molecule has 2 aromatic heterocycles. The van der Waals surface area contributed by atoms with Crippen LogP contribution in [0.4, 0.5) is 39.5 Å². The van der Waals surface area contributed by atoms with Crippen molar-refractivity contribution in [2.24, 2.45) is 0 Å².